The summed E-state index contributed by atoms with van der Waals surface area (Å²) in [5.74, 6) is 1.14. The highest BCUT2D eigenvalue weighted by molar-refractivity contribution is 7.91. The van der Waals surface area contributed by atoms with Gasteiger partial charge in [-0.05, 0) is 42.8 Å². The molecule has 0 spiro atoms. The lowest BCUT2D eigenvalue weighted by Crippen LogP contribution is -2.22. The molecule has 0 aliphatic heterocycles. The van der Waals surface area contributed by atoms with Gasteiger partial charge in [0.1, 0.15) is 11.5 Å². The number of sulfone groups is 1. The summed E-state index contributed by atoms with van der Waals surface area (Å²) in [5, 5.41) is 0. The lowest BCUT2D eigenvalue weighted by molar-refractivity contribution is -0.128. The van der Waals surface area contributed by atoms with E-state index in [1.165, 1.54) is 17.0 Å². The highest BCUT2D eigenvalue weighted by atomic mass is 32.2. The van der Waals surface area contributed by atoms with E-state index >= 15 is 0 Å². The van der Waals surface area contributed by atoms with Crippen LogP contribution in [0.2, 0.25) is 0 Å². The molecule has 0 aliphatic carbocycles. The second-order valence-corrected chi connectivity index (χ2v) is 7.71. The molecule has 0 N–H and O–H groups in total. The highest BCUT2D eigenvalue weighted by Crippen LogP contribution is 2.23. The number of para-hydroxylation sites is 1. The number of amides is 1. The van der Waals surface area contributed by atoms with Crippen molar-refractivity contribution < 1.29 is 17.9 Å². The minimum atomic E-state index is -3.40. The van der Waals surface area contributed by atoms with Gasteiger partial charge in [0.15, 0.2) is 9.84 Å². The Kier molecular flexibility index (Phi) is 5.98. The Labute approximate surface area is 142 Å². The van der Waals surface area contributed by atoms with Crippen LogP contribution < -0.4 is 4.74 Å². The van der Waals surface area contributed by atoms with E-state index in [1.54, 1.807) is 26.2 Å². The number of benzene rings is 2. The zero-order chi connectivity index (χ0) is 17.6. The van der Waals surface area contributed by atoms with Crippen molar-refractivity contribution in [2.24, 2.45) is 0 Å². The fourth-order valence-electron chi connectivity index (χ4n) is 2.09. The molecule has 0 unspecified atom stereocenters. The topological polar surface area (TPSA) is 63.7 Å². The van der Waals surface area contributed by atoms with E-state index in [0.717, 1.165) is 0 Å². The van der Waals surface area contributed by atoms with Crippen molar-refractivity contribution in [1.82, 2.24) is 4.90 Å². The Morgan fingerprint density at radius 1 is 0.958 bits per heavy atom. The van der Waals surface area contributed by atoms with Crippen LogP contribution in [0.5, 0.6) is 11.5 Å². The van der Waals surface area contributed by atoms with Crippen LogP contribution >= 0.6 is 0 Å². The fourth-order valence-corrected chi connectivity index (χ4v) is 3.41. The van der Waals surface area contributed by atoms with Crippen molar-refractivity contribution >= 4 is 15.7 Å². The summed E-state index contributed by atoms with van der Waals surface area (Å²) >= 11 is 0. The van der Waals surface area contributed by atoms with Crippen LogP contribution in [0, 0.1) is 0 Å². The normalized spacial score (nSPS) is 11.1. The minimum absolute atomic E-state index is 0.0501. The molecule has 0 saturated heterocycles. The molecule has 5 nitrogen and oxygen atoms in total. The monoisotopic (exact) mass is 347 g/mol. The average molecular weight is 347 g/mol. The predicted molar refractivity (Wildman–Crippen MR) is 92.9 cm³/mol. The molecule has 0 heterocycles. The third-order valence-electron chi connectivity index (χ3n) is 3.46. The zero-order valence-corrected chi connectivity index (χ0v) is 14.6. The molecular formula is C18H21NO4S. The number of rotatable bonds is 7. The molecule has 0 bridgehead atoms. The van der Waals surface area contributed by atoms with Crippen molar-refractivity contribution in [3.8, 4) is 11.5 Å². The molecule has 0 radical (unpaired) electrons. The van der Waals surface area contributed by atoms with Gasteiger partial charge in [0.2, 0.25) is 5.91 Å². The van der Waals surface area contributed by atoms with Crippen molar-refractivity contribution in [3.63, 3.8) is 0 Å². The van der Waals surface area contributed by atoms with E-state index in [0.29, 0.717) is 17.9 Å². The smallest absolute Gasteiger partial charge is 0.222 e. The van der Waals surface area contributed by atoms with Gasteiger partial charge < -0.3 is 9.64 Å². The number of ether oxygens (including phenoxy) is 1. The Morgan fingerprint density at radius 2 is 1.54 bits per heavy atom. The summed E-state index contributed by atoms with van der Waals surface area (Å²) in [5.41, 5.74) is 0. The number of carbonyl (C=O) groups excluding carboxylic acids is 1. The lowest BCUT2D eigenvalue weighted by Gasteiger charge is -2.10. The van der Waals surface area contributed by atoms with Crippen molar-refractivity contribution in [3.05, 3.63) is 54.6 Å². The van der Waals surface area contributed by atoms with Crippen LogP contribution in [-0.4, -0.2) is 39.1 Å². The lowest BCUT2D eigenvalue weighted by atomic mass is 10.3. The van der Waals surface area contributed by atoms with Crippen LogP contribution in [0.4, 0.5) is 0 Å². The van der Waals surface area contributed by atoms with Crippen LogP contribution in [0.1, 0.15) is 12.8 Å². The molecule has 0 aromatic heterocycles. The Hall–Kier alpha value is -2.34. The van der Waals surface area contributed by atoms with Gasteiger partial charge in [-0.25, -0.2) is 8.42 Å². The Morgan fingerprint density at radius 3 is 2.12 bits per heavy atom. The SMILES string of the molecule is CN(C)C(=O)CCCS(=O)(=O)c1ccc(Oc2ccccc2)cc1. The molecule has 2 rings (SSSR count). The first-order valence-electron chi connectivity index (χ1n) is 7.64. The first-order chi connectivity index (χ1) is 11.4. The molecule has 6 heteroatoms. The first-order valence-corrected chi connectivity index (χ1v) is 9.29. The van der Waals surface area contributed by atoms with Crippen molar-refractivity contribution in [2.75, 3.05) is 19.8 Å². The predicted octanol–water partition coefficient (Wildman–Crippen LogP) is 3.12. The number of hydrogen-bond donors (Lipinski definition) is 0. The number of nitrogens with zero attached hydrogens (tertiary/aromatic N) is 1. The molecule has 24 heavy (non-hydrogen) atoms. The van der Waals surface area contributed by atoms with E-state index in [1.807, 2.05) is 30.3 Å². The van der Waals surface area contributed by atoms with E-state index in [4.69, 9.17) is 4.74 Å². The third-order valence-corrected chi connectivity index (χ3v) is 5.28. The van der Waals surface area contributed by atoms with E-state index < -0.39 is 9.84 Å². The van der Waals surface area contributed by atoms with Gasteiger partial charge in [-0.1, -0.05) is 18.2 Å². The van der Waals surface area contributed by atoms with E-state index in [9.17, 15) is 13.2 Å². The second kappa shape index (κ2) is 7.97. The first kappa shape index (κ1) is 18.0. The van der Waals surface area contributed by atoms with Gasteiger partial charge in [-0.3, -0.25) is 4.79 Å². The maximum Gasteiger partial charge on any atom is 0.222 e. The van der Waals surface area contributed by atoms with Gasteiger partial charge in [-0.2, -0.15) is 0 Å². The van der Waals surface area contributed by atoms with Gasteiger partial charge in [0, 0.05) is 20.5 Å². The van der Waals surface area contributed by atoms with Gasteiger partial charge in [-0.15, -0.1) is 0 Å². The van der Waals surface area contributed by atoms with Gasteiger partial charge in [0.05, 0.1) is 10.6 Å². The molecule has 2 aromatic rings. The summed E-state index contributed by atoms with van der Waals surface area (Å²) < 4.78 is 30.2. The molecule has 128 valence electrons. The number of carbonyl (C=O) groups is 1. The Balaban J connectivity index is 1.97. The van der Waals surface area contributed by atoms with Gasteiger partial charge >= 0.3 is 0 Å². The largest absolute Gasteiger partial charge is 0.457 e. The third kappa shape index (κ3) is 5.09. The standard InChI is InChI=1S/C18H21NO4S/c1-19(2)18(20)9-6-14-24(21,22)17-12-10-16(11-13-17)23-15-7-4-3-5-8-15/h3-5,7-8,10-13H,6,9,14H2,1-2H3. The van der Waals surface area contributed by atoms with Crippen LogP contribution in [0.15, 0.2) is 59.5 Å². The highest BCUT2D eigenvalue weighted by Gasteiger charge is 2.15. The molecule has 0 aliphatic rings. The van der Waals surface area contributed by atoms with Crippen LogP contribution in [-0.2, 0) is 14.6 Å². The average Bonchev–Trinajstić information content (AvgIpc) is 2.56. The molecule has 0 fully saturated rings. The maximum absolute atomic E-state index is 12.3. The summed E-state index contributed by atoms with van der Waals surface area (Å²) in [6.07, 6.45) is 0.531. The van der Waals surface area contributed by atoms with Crippen molar-refractivity contribution in [1.29, 1.82) is 0 Å². The summed E-state index contributed by atoms with van der Waals surface area (Å²) in [4.78, 5) is 13.2. The minimum Gasteiger partial charge on any atom is -0.457 e. The van der Waals surface area contributed by atoms with E-state index in [-0.39, 0.29) is 23.0 Å². The fraction of sp³-hybridized carbons (Fsp3) is 0.278. The summed E-state index contributed by atoms with van der Waals surface area (Å²) in [6.45, 7) is 0. The second-order valence-electron chi connectivity index (χ2n) is 5.60. The van der Waals surface area contributed by atoms with Gasteiger partial charge in [0.25, 0.3) is 0 Å². The summed E-state index contributed by atoms with van der Waals surface area (Å²) in [7, 11) is -0.0875. The van der Waals surface area contributed by atoms with E-state index in [2.05, 4.69) is 0 Å². The molecule has 2 aromatic carbocycles. The van der Waals surface area contributed by atoms with Crippen molar-refractivity contribution in [2.45, 2.75) is 17.7 Å². The van der Waals surface area contributed by atoms with Crippen LogP contribution in [0.3, 0.4) is 0 Å². The maximum atomic E-state index is 12.3. The zero-order valence-electron chi connectivity index (χ0n) is 13.8. The summed E-state index contributed by atoms with van der Waals surface area (Å²) in [6, 6.07) is 15.6. The van der Waals surface area contributed by atoms with Crippen LogP contribution in [0.25, 0.3) is 0 Å². The quantitative estimate of drug-likeness (QED) is 0.772. The molecule has 0 atom stereocenters. The molecule has 0 saturated carbocycles. The molecular weight excluding hydrogens is 326 g/mol. The Bertz CT molecular complexity index is 768. The number of hydrogen-bond acceptors (Lipinski definition) is 4. The molecule has 1 amide bonds.